The first-order valence-corrected chi connectivity index (χ1v) is 6.26. The van der Waals surface area contributed by atoms with Crippen LogP contribution in [-0.4, -0.2) is 41.7 Å². The van der Waals surface area contributed by atoms with Gasteiger partial charge < -0.3 is 5.32 Å². The van der Waals surface area contributed by atoms with Gasteiger partial charge in [0.25, 0.3) is 0 Å². The predicted octanol–water partition coefficient (Wildman–Crippen LogP) is 0.00570. The Morgan fingerprint density at radius 3 is 2.26 bits per heavy atom. The lowest BCUT2D eigenvalue weighted by Gasteiger charge is -2.40. The van der Waals surface area contributed by atoms with Crippen LogP contribution in [0.3, 0.4) is 0 Å². The second kappa shape index (κ2) is 5.38. The Morgan fingerprint density at radius 1 is 1.32 bits per heavy atom. The average molecular weight is 269 g/mol. The molecule has 0 bridgehead atoms. The van der Waals surface area contributed by atoms with E-state index in [1.54, 1.807) is 13.8 Å². The molecule has 1 atom stereocenters. The van der Waals surface area contributed by atoms with Crippen molar-refractivity contribution < 1.29 is 19.2 Å². The number of rotatable bonds is 4. The van der Waals surface area contributed by atoms with Gasteiger partial charge in [0.1, 0.15) is 11.5 Å². The monoisotopic (exact) mass is 269 g/mol. The van der Waals surface area contributed by atoms with Crippen molar-refractivity contribution in [1.29, 1.82) is 0 Å². The maximum atomic E-state index is 12.5. The van der Waals surface area contributed by atoms with E-state index >= 15 is 0 Å². The Kier molecular flexibility index (Phi) is 4.28. The van der Waals surface area contributed by atoms with Gasteiger partial charge in [-0.15, -0.1) is 0 Å². The van der Waals surface area contributed by atoms with E-state index in [0.29, 0.717) is 0 Å². The lowest BCUT2D eigenvalue weighted by molar-refractivity contribution is -0.155. The quantitative estimate of drug-likeness (QED) is 0.702. The highest BCUT2D eigenvalue weighted by Crippen LogP contribution is 2.33. The Morgan fingerprint density at radius 2 is 1.84 bits per heavy atom. The number of barbiturate groups is 1. The van der Waals surface area contributed by atoms with Gasteiger partial charge in [-0.3, -0.25) is 24.6 Å². The van der Waals surface area contributed by atoms with Crippen LogP contribution in [0.15, 0.2) is 0 Å². The fourth-order valence-corrected chi connectivity index (χ4v) is 2.25. The summed E-state index contributed by atoms with van der Waals surface area (Å²) in [5.74, 6) is -1.66. The highest BCUT2D eigenvalue weighted by atomic mass is 16.2. The summed E-state index contributed by atoms with van der Waals surface area (Å²) >= 11 is 0. The van der Waals surface area contributed by atoms with Gasteiger partial charge in [-0.1, -0.05) is 13.8 Å². The molecule has 1 aliphatic rings. The minimum Gasteiger partial charge on any atom is -0.357 e. The summed E-state index contributed by atoms with van der Waals surface area (Å²) in [6, 6.07) is -1.80. The second-order valence-corrected chi connectivity index (χ2v) is 4.51. The van der Waals surface area contributed by atoms with Crippen LogP contribution in [0.1, 0.15) is 33.6 Å². The van der Waals surface area contributed by atoms with Crippen molar-refractivity contribution in [2.45, 2.75) is 39.7 Å². The van der Waals surface area contributed by atoms with Crippen LogP contribution in [0, 0.1) is 5.41 Å². The SMILES string of the molecule is CCC1(CC)C(=O)NC(=O)N(C(C)C(=O)NC)C1=O. The fourth-order valence-electron chi connectivity index (χ4n) is 2.25. The Balaban J connectivity index is 3.19. The largest absolute Gasteiger partial charge is 0.357 e. The zero-order chi connectivity index (χ0) is 14.8. The zero-order valence-corrected chi connectivity index (χ0v) is 11.6. The molecule has 5 amide bonds. The minimum atomic E-state index is -1.27. The molecule has 106 valence electrons. The first kappa shape index (κ1) is 15.1. The molecule has 0 aromatic carbocycles. The Hall–Kier alpha value is -1.92. The van der Waals surface area contributed by atoms with Gasteiger partial charge in [-0.2, -0.15) is 0 Å². The molecule has 1 aliphatic heterocycles. The molecule has 1 unspecified atom stereocenters. The van der Waals surface area contributed by atoms with Crippen LogP contribution in [-0.2, 0) is 14.4 Å². The number of amides is 5. The highest BCUT2D eigenvalue weighted by molar-refractivity contribution is 6.20. The lowest BCUT2D eigenvalue weighted by Crippen LogP contribution is -2.67. The van der Waals surface area contributed by atoms with Crippen molar-refractivity contribution in [3.63, 3.8) is 0 Å². The average Bonchev–Trinajstić information content (AvgIpc) is 2.38. The first-order valence-electron chi connectivity index (χ1n) is 6.26. The van der Waals surface area contributed by atoms with Crippen molar-refractivity contribution in [3.05, 3.63) is 0 Å². The summed E-state index contributed by atoms with van der Waals surface area (Å²) in [7, 11) is 1.42. The third-order valence-corrected chi connectivity index (χ3v) is 3.72. The van der Waals surface area contributed by atoms with Crippen molar-refractivity contribution in [3.8, 4) is 0 Å². The molecule has 0 aliphatic carbocycles. The van der Waals surface area contributed by atoms with Crippen LogP contribution in [0.25, 0.3) is 0 Å². The third kappa shape index (κ3) is 2.20. The van der Waals surface area contributed by atoms with Crippen molar-refractivity contribution >= 4 is 23.8 Å². The smallest absolute Gasteiger partial charge is 0.331 e. The molecule has 19 heavy (non-hydrogen) atoms. The number of nitrogens with zero attached hydrogens (tertiary/aromatic N) is 1. The molecule has 1 heterocycles. The number of urea groups is 1. The van der Waals surface area contributed by atoms with Crippen molar-refractivity contribution in [1.82, 2.24) is 15.5 Å². The van der Waals surface area contributed by atoms with Crippen LogP contribution >= 0.6 is 0 Å². The summed E-state index contributed by atoms with van der Waals surface area (Å²) < 4.78 is 0. The summed E-state index contributed by atoms with van der Waals surface area (Å²) in [5.41, 5.74) is -1.27. The molecule has 0 saturated carbocycles. The fraction of sp³-hybridized carbons (Fsp3) is 0.667. The Bertz CT molecular complexity index is 429. The van der Waals surface area contributed by atoms with Gasteiger partial charge in [0, 0.05) is 7.05 Å². The lowest BCUT2D eigenvalue weighted by atomic mass is 9.78. The zero-order valence-electron chi connectivity index (χ0n) is 11.6. The molecule has 0 aromatic heterocycles. The molecule has 1 fully saturated rings. The van der Waals surface area contributed by atoms with E-state index in [2.05, 4.69) is 10.6 Å². The number of carbonyl (C=O) groups is 4. The van der Waals surface area contributed by atoms with Gasteiger partial charge in [-0.05, 0) is 19.8 Å². The number of likely N-dealkylation sites (N-methyl/N-ethyl adjacent to an activating group) is 1. The van der Waals surface area contributed by atoms with Gasteiger partial charge in [0.15, 0.2) is 0 Å². The van der Waals surface area contributed by atoms with Gasteiger partial charge >= 0.3 is 6.03 Å². The van der Waals surface area contributed by atoms with E-state index in [9.17, 15) is 19.2 Å². The van der Waals surface area contributed by atoms with Crippen molar-refractivity contribution in [2.24, 2.45) is 5.41 Å². The van der Waals surface area contributed by atoms with Crippen LogP contribution in [0.2, 0.25) is 0 Å². The van der Waals surface area contributed by atoms with Crippen LogP contribution < -0.4 is 10.6 Å². The Labute approximate surface area is 111 Å². The molecule has 0 radical (unpaired) electrons. The molecule has 0 spiro atoms. The number of carbonyl (C=O) groups excluding carboxylic acids is 4. The van der Waals surface area contributed by atoms with E-state index in [1.165, 1.54) is 14.0 Å². The molecular formula is C12H19N3O4. The van der Waals surface area contributed by atoms with Gasteiger partial charge in [0.05, 0.1) is 0 Å². The molecule has 7 heteroatoms. The molecular weight excluding hydrogens is 250 g/mol. The van der Waals surface area contributed by atoms with Gasteiger partial charge in [-0.25, -0.2) is 4.79 Å². The maximum absolute atomic E-state index is 12.5. The number of hydrogen-bond acceptors (Lipinski definition) is 4. The standard InChI is InChI=1S/C12H19N3O4/c1-5-12(6-2)9(17)14-11(19)15(10(12)18)7(3)8(16)13-4/h7H,5-6H2,1-4H3,(H,13,16)(H,14,17,19). The van der Waals surface area contributed by atoms with E-state index in [1.807, 2.05) is 0 Å². The number of imide groups is 2. The number of hydrogen-bond donors (Lipinski definition) is 2. The van der Waals surface area contributed by atoms with Crippen molar-refractivity contribution in [2.75, 3.05) is 7.05 Å². The molecule has 2 N–H and O–H groups in total. The second-order valence-electron chi connectivity index (χ2n) is 4.51. The summed E-state index contributed by atoms with van der Waals surface area (Å²) in [6.45, 7) is 4.86. The number of nitrogens with one attached hydrogen (secondary N) is 2. The van der Waals surface area contributed by atoms with E-state index in [4.69, 9.17) is 0 Å². The normalized spacial score (nSPS) is 20.0. The van der Waals surface area contributed by atoms with Crippen LogP contribution in [0.5, 0.6) is 0 Å². The van der Waals surface area contributed by atoms with E-state index in [-0.39, 0.29) is 12.8 Å². The van der Waals surface area contributed by atoms with Gasteiger partial charge in [0.2, 0.25) is 17.7 Å². The topological polar surface area (TPSA) is 95.6 Å². The molecule has 1 saturated heterocycles. The maximum Gasteiger partial charge on any atom is 0.331 e. The molecule has 1 rings (SSSR count). The summed E-state index contributed by atoms with van der Waals surface area (Å²) in [4.78, 5) is 48.6. The molecule has 0 aromatic rings. The molecule has 7 nitrogen and oxygen atoms in total. The minimum absolute atomic E-state index is 0.276. The third-order valence-electron chi connectivity index (χ3n) is 3.72. The van der Waals surface area contributed by atoms with E-state index in [0.717, 1.165) is 4.90 Å². The first-order chi connectivity index (χ1) is 8.85. The summed E-state index contributed by atoms with van der Waals surface area (Å²) in [6.07, 6.45) is 0.552. The predicted molar refractivity (Wildman–Crippen MR) is 66.9 cm³/mol. The highest BCUT2D eigenvalue weighted by Gasteiger charge is 2.53. The van der Waals surface area contributed by atoms with E-state index < -0.39 is 35.2 Å². The van der Waals surface area contributed by atoms with Crippen LogP contribution in [0.4, 0.5) is 4.79 Å². The summed E-state index contributed by atoms with van der Waals surface area (Å²) in [5, 5.41) is 4.54.